The van der Waals surface area contributed by atoms with Crippen LogP contribution in [0.25, 0.3) is 0 Å². The smallest absolute Gasteiger partial charge is 0.358 e. The minimum Gasteiger partial charge on any atom is -0.476 e. The highest BCUT2D eigenvalue weighted by atomic mass is 16.4. The zero-order valence-corrected chi connectivity index (χ0v) is 10.4. The molecule has 0 aliphatic carbocycles. The van der Waals surface area contributed by atoms with E-state index < -0.39 is 5.97 Å². The Labute approximate surface area is 100 Å². The predicted octanol–water partition coefficient (Wildman–Crippen LogP) is 0.976. The van der Waals surface area contributed by atoms with Crippen LogP contribution in [-0.4, -0.2) is 51.1 Å². The number of hydrogen-bond donors (Lipinski definition) is 1. The molecule has 94 valence electrons. The van der Waals surface area contributed by atoms with Crippen molar-refractivity contribution >= 4 is 5.97 Å². The third-order valence-corrected chi connectivity index (χ3v) is 3.20. The van der Waals surface area contributed by atoms with Gasteiger partial charge in [-0.1, -0.05) is 5.21 Å². The van der Waals surface area contributed by atoms with Crippen LogP contribution in [0.15, 0.2) is 0 Å². The molecule has 1 saturated heterocycles. The first-order valence-corrected chi connectivity index (χ1v) is 5.87. The van der Waals surface area contributed by atoms with Crippen LogP contribution in [0, 0.1) is 0 Å². The molecule has 1 N–H and O–H groups in total. The van der Waals surface area contributed by atoms with Crippen molar-refractivity contribution in [1.82, 2.24) is 19.9 Å². The molecule has 2 heterocycles. The molecule has 0 saturated carbocycles. The van der Waals surface area contributed by atoms with Crippen LogP contribution in [0.2, 0.25) is 0 Å². The summed E-state index contributed by atoms with van der Waals surface area (Å²) in [6.45, 7) is 5.85. The second-order valence-corrected chi connectivity index (χ2v) is 4.91. The Bertz CT molecular complexity index is 427. The Balaban J connectivity index is 2.41. The summed E-state index contributed by atoms with van der Waals surface area (Å²) in [4.78, 5) is 13.4. The Kier molecular flexibility index (Phi) is 3.15. The lowest BCUT2D eigenvalue weighted by Gasteiger charge is -2.15. The summed E-state index contributed by atoms with van der Waals surface area (Å²) < 4.78 is 1.74. The molecule has 0 amide bonds. The highest BCUT2D eigenvalue weighted by Crippen LogP contribution is 2.29. The number of carboxylic acids is 1. The number of aromatic nitrogens is 3. The summed E-state index contributed by atoms with van der Waals surface area (Å²) >= 11 is 0. The van der Waals surface area contributed by atoms with Crippen LogP contribution in [-0.2, 0) is 0 Å². The van der Waals surface area contributed by atoms with Gasteiger partial charge in [-0.15, -0.1) is 5.10 Å². The molecule has 1 fully saturated rings. The van der Waals surface area contributed by atoms with Gasteiger partial charge in [0.1, 0.15) is 0 Å². The van der Waals surface area contributed by atoms with E-state index in [0.717, 1.165) is 25.2 Å². The fourth-order valence-electron chi connectivity index (χ4n) is 2.37. The van der Waals surface area contributed by atoms with Crippen LogP contribution < -0.4 is 0 Å². The lowest BCUT2D eigenvalue weighted by molar-refractivity contribution is 0.0688. The van der Waals surface area contributed by atoms with E-state index in [-0.39, 0.29) is 17.7 Å². The first kappa shape index (κ1) is 12.0. The standard InChI is InChI=1S/C11H18N4O2/c1-7(2)15-10(8-4-5-14(3)6-8)9(11(16)17)12-13-15/h7-8H,4-6H2,1-3H3,(H,16,17). The number of likely N-dealkylation sites (tertiary alicyclic amines) is 1. The quantitative estimate of drug-likeness (QED) is 0.849. The maximum atomic E-state index is 11.2. The third kappa shape index (κ3) is 2.17. The molecule has 1 unspecified atom stereocenters. The first-order chi connectivity index (χ1) is 8.00. The van der Waals surface area contributed by atoms with Crippen molar-refractivity contribution in [1.29, 1.82) is 0 Å². The van der Waals surface area contributed by atoms with Crippen LogP contribution in [0.4, 0.5) is 0 Å². The van der Waals surface area contributed by atoms with Crippen molar-refractivity contribution in [2.75, 3.05) is 20.1 Å². The normalized spacial score (nSPS) is 21.3. The van der Waals surface area contributed by atoms with Crippen molar-refractivity contribution < 1.29 is 9.90 Å². The molecule has 1 aliphatic rings. The van der Waals surface area contributed by atoms with Crippen LogP contribution in [0.3, 0.4) is 0 Å². The van der Waals surface area contributed by atoms with Crippen molar-refractivity contribution in [3.63, 3.8) is 0 Å². The molecular formula is C11H18N4O2. The van der Waals surface area contributed by atoms with Crippen LogP contribution in [0.1, 0.15) is 48.4 Å². The molecule has 1 aromatic rings. The Hall–Kier alpha value is -1.43. The summed E-state index contributed by atoms with van der Waals surface area (Å²) in [6.07, 6.45) is 0.969. The van der Waals surface area contributed by atoms with Crippen LogP contribution >= 0.6 is 0 Å². The van der Waals surface area contributed by atoms with Gasteiger partial charge in [-0.05, 0) is 33.9 Å². The van der Waals surface area contributed by atoms with E-state index in [0.29, 0.717) is 0 Å². The summed E-state index contributed by atoms with van der Waals surface area (Å²) in [5.41, 5.74) is 0.885. The molecule has 1 atom stereocenters. The van der Waals surface area contributed by atoms with Crippen molar-refractivity contribution in [3.8, 4) is 0 Å². The monoisotopic (exact) mass is 238 g/mol. The summed E-state index contributed by atoms with van der Waals surface area (Å²) in [5, 5.41) is 16.9. The fraction of sp³-hybridized carbons (Fsp3) is 0.727. The van der Waals surface area contributed by atoms with E-state index in [2.05, 4.69) is 15.2 Å². The second kappa shape index (κ2) is 4.44. The van der Waals surface area contributed by atoms with E-state index in [9.17, 15) is 4.79 Å². The van der Waals surface area contributed by atoms with E-state index in [1.54, 1.807) is 4.68 Å². The summed E-state index contributed by atoms with van der Waals surface area (Å²) in [5.74, 6) is -0.759. The average molecular weight is 238 g/mol. The average Bonchev–Trinajstić information content (AvgIpc) is 2.81. The molecule has 1 aliphatic heterocycles. The number of carbonyl (C=O) groups is 1. The van der Waals surface area contributed by atoms with Gasteiger partial charge in [0.25, 0.3) is 0 Å². The Morgan fingerprint density at radius 3 is 2.71 bits per heavy atom. The lowest BCUT2D eigenvalue weighted by atomic mass is 10.0. The Morgan fingerprint density at radius 1 is 1.53 bits per heavy atom. The van der Waals surface area contributed by atoms with Gasteiger partial charge < -0.3 is 10.0 Å². The van der Waals surface area contributed by atoms with Gasteiger partial charge in [0.05, 0.1) is 5.69 Å². The largest absolute Gasteiger partial charge is 0.476 e. The molecule has 0 radical (unpaired) electrons. The van der Waals surface area contributed by atoms with Crippen LogP contribution in [0.5, 0.6) is 0 Å². The summed E-state index contributed by atoms with van der Waals surface area (Å²) in [7, 11) is 2.05. The van der Waals surface area contributed by atoms with Crippen molar-refractivity contribution in [2.24, 2.45) is 0 Å². The summed E-state index contributed by atoms with van der Waals surface area (Å²) in [6, 6.07) is 0.136. The number of rotatable bonds is 3. The van der Waals surface area contributed by atoms with Crippen molar-refractivity contribution in [3.05, 3.63) is 11.4 Å². The van der Waals surface area contributed by atoms with E-state index in [1.807, 2.05) is 20.9 Å². The van der Waals surface area contributed by atoms with Gasteiger partial charge in [0, 0.05) is 18.5 Å². The lowest BCUT2D eigenvalue weighted by Crippen LogP contribution is -2.18. The van der Waals surface area contributed by atoms with E-state index in [1.165, 1.54) is 0 Å². The molecule has 6 nitrogen and oxygen atoms in total. The van der Waals surface area contributed by atoms with Gasteiger partial charge in [0.15, 0.2) is 5.69 Å². The Morgan fingerprint density at radius 2 is 2.24 bits per heavy atom. The highest BCUT2D eigenvalue weighted by Gasteiger charge is 2.31. The zero-order chi connectivity index (χ0) is 12.6. The van der Waals surface area contributed by atoms with Gasteiger partial charge in [-0.25, -0.2) is 9.48 Å². The zero-order valence-electron chi connectivity index (χ0n) is 10.4. The number of aromatic carboxylic acids is 1. The van der Waals surface area contributed by atoms with Gasteiger partial charge in [-0.3, -0.25) is 0 Å². The molecule has 0 aromatic carbocycles. The minimum absolute atomic E-state index is 0.110. The fourth-order valence-corrected chi connectivity index (χ4v) is 2.37. The van der Waals surface area contributed by atoms with Crippen molar-refractivity contribution in [2.45, 2.75) is 32.2 Å². The molecule has 17 heavy (non-hydrogen) atoms. The predicted molar refractivity (Wildman–Crippen MR) is 62.2 cm³/mol. The highest BCUT2D eigenvalue weighted by molar-refractivity contribution is 5.86. The van der Waals surface area contributed by atoms with Gasteiger partial charge >= 0.3 is 5.97 Å². The molecule has 2 rings (SSSR count). The van der Waals surface area contributed by atoms with E-state index in [4.69, 9.17) is 5.11 Å². The number of carboxylic acid groups (broad SMARTS) is 1. The first-order valence-electron chi connectivity index (χ1n) is 5.87. The number of hydrogen-bond acceptors (Lipinski definition) is 4. The van der Waals surface area contributed by atoms with Gasteiger partial charge in [-0.2, -0.15) is 0 Å². The topological polar surface area (TPSA) is 71.2 Å². The number of likely N-dealkylation sites (N-methyl/N-ethyl adjacent to an activating group) is 1. The SMILES string of the molecule is CC(C)n1nnc(C(=O)O)c1C1CCN(C)C1. The maximum absolute atomic E-state index is 11.2. The molecule has 6 heteroatoms. The molecule has 0 spiro atoms. The second-order valence-electron chi connectivity index (χ2n) is 4.91. The number of nitrogens with zero attached hydrogens (tertiary/aromatic N) is 4. The molecular weight excluding hydrogens is 220 g/mol. The van der Waals surface area contributed by atoms with E-state index >= 15 is 0 Å². The molecule has 0 bridgehead atoms. The van der Waals surface area contributed by atoms with Gasteiger partial charge in [0.2, 0.25) is 0 Å². The third-order valence-electron chi connectivity index (χ3n) is 3.20. The molecule has 1 aromatic heterocycles. The maximum Gasteiger partial charge on any atom is 0.358 e. The minimum atomic E-state index is -0.985.